The number of carbonyl (C=O) groups excluding carboxylic acids is 2. The number of nitrogens with one attached hydrogen (secondary N) is 1. The fraction of sp³-hybridized carbons (Fsp3) is 0.250. The van der Waals surface area contributed by atoms with E-state index in [0.29, 0.717) is 35.8 Å². The van der Waals surface area contributed by atoms with Crippen molar-refractivity contribution >= 4 is 17.5 Å². The first-order valence-electron chi connectivity index (χ1n) is 8.60. The number of nitriles is 1. The fourth-order valence-electron chi connectivity index (χ4n) is 3.23. The predicted molar refractivity (Wildman–Crippen MR) is 95.9 cm³/mol. The number of ether oxygens (including phenoxy) is 2. The highest BCUT2D eigenvalue weighted by Crippen LogP contribution is 2.33. The van der Waals surface area contributed by atoms with Gasteiger partial charge in [-0.2, -0.15) is 5.26 Å². The van der Waals surface area contributed by atoms with Crippen molar-refractivity contribution in [2.24, 2.45) is 5.92 Å². The molecule has 2 aromatic carbocycles. The van der Waals surface area contributed by atoms with Gasteiger partial charge in [0, 0.05) is 25.2 Å². The molecule has 27 heavy (non-hydrogen) atoms. The number of amides is 2. The first-order valence-corrected chi connectivity index (χ1v) is 8.60. The van der Waals surface area contributed by atoms with Gasteiger partial charge in [-0.3, -0.25) is 9.59 Å². The molecule has 2 aliphatic rings. The molecule has 1 N–H and O–H groups in total. The number of likely N-dealkylation sites (tertiary alicyclic amines) is 1. The van der Waals surface area contributed by atoms with Crippen LogP contribution in [0.25, 0.3) is 0 Å². The van der Waals surface area contributed by atoms with Crippen molar-refractivity contribution in [2.45, 2.75) is 13.0 Å². The number of rotatable bonds is 4. The molecule has 0 radical (unpaired) electrons. The van der Waals surface area contributed by atoms with E-state index in [1.165, 1.54) is 0 Å². The molecule has 0 aliphatic carbocycles. The van der Waals surface area contributed by atoms with Gasteiger partial charge in [-0.05, 0) is 42.0 Å². The molecule has 2 aliphatic heterocycles. The second-order valence-electron chi connectivity index (χ2n) is 6.54. The van der Waals surface area contributed by atoms with Crippen LogP contribution in [0.2, 0.25) is 0 Å². The van der Waals surface area contributed by atoms with Crippen LogP contribution < -0.4 is 14.8 Å². The minimum Gasteiger partial charge on any atom is -0.454 e. The summed E-state index contributed by atoms with van der Waals surface area (Å²) in [6.45, 7) is 1.00. The first-order chi connectivity index (χ1) is 13.1. The molecule has 1 unspecified atom stereocenters. The van der Waals surface area contributed by atoms with Crippen LogP contribution in [-0.2, 0) is 16.1 Å². The lowest BCUT2D eigenvalue weighted by atomic mass is 10.1. The maximum atomic E-state index is 12.5. The van der Waals surface area contributed by atoms with E-state index < -0.39 is 5.92 Å². The summed E-state index contributed by atoms with van der Waals surface area (Å²) < 4.78 is 10.7. The summed E-state index contributed by atoms with van der Waals surface area (Å²) in [7, 11) is 0. The molecule has 2 heterocycles. The highest BCUT2D eigenvalue weighted by atomic mass is 16.7. The van der Waals surface area contributed by atoms with Crippen molar-refractivity contribution in [3.05, 3.63) is 53.6 Å². The fourth-order valence-corrected chi connectivity index (χ4v) is 3.23. The Hall–Kier alpha value is -3.53. The molecule has 7 nitrogen and oxygen atoms in total. The van der Waals surface area contributed by atoms with Gasteiger partial charge in [0.1, 0.15) is 0 Å². The van der Waals surface area contributed by atoms with Crippen LogP contribution in [0.3, 0.4) is 0 Å². The Morgan fingerprint density at radius 3 is 2.74 bits per heavy atom. The lowest BCUT2D eigenvalue weighted by molar-refractivity contribution is -0.128. The normalized spacial score (nSPS) is 17.7. The molecule has 7 heteroatoms. The molecule has 0 bridgehead atoms. The zero-order valence-electron chi connectivity index (χ0n) is 14.5. The van der Waals surface area contributed by atoms with Gasteiger partial charge >= 0.3 is 0 Å². The minimum atomic E-state index is -0.401. The summed E-state index contributed by atoms with van der Waals surface area (Å²) >= 11 is 0. The van der Waals surface area contributed by atoms with Crippen LogP contribution in [0.1, 0.15) is 17.5 Å². The number of nitrogens with zero attached hydrogens (tertiary/aromatic N) is 2. The van der Waals surface area contributed by atoms with Crippen LogP contribution in [0, 0.1) is 17.2 Å². The average Bonchev–Trinajstić information content (AvgIpc) is 3.29. The van der Waals surface area contributed by atoms with Crippen molar-refractivity contribution < 1.29 is 19.1 Å². The summed E-state index contributed by atoms with van der Waals surface area (Å²) in [5.41, 5.74) is 2.07. The van der Waals surface area contributed by atoms with Crippen molar-refractivity contribution in [3.63, 3.8) is 0 Å². The number of benzene rings is 2. The Balaban J connectivity index is 1.38. The smallest absolute Gasteiger partial charge is 0.231 e. The third-order valence-electron chi connectivity index (χ3n) is 4.68. The van der Waals surface area contributed by atoms with Crippen molar-refractivity contribution in [3.8, 4) is 17.6 Å². The Morgan fingerprint density at radius 2 is 1.96 bits per heavy atom. The van der Waals surface area contributed by atoms with Crippen LogP contribution in [0.4, 0.5) is 5.69 Å². The minimum absolute atomic E-state index is 0.0485. The summed E-state index contributed by atoms with van der Waals surface area (Å²) in [4.78, 5) is 26.5. The van der Waals surface area contributed by atoms with Crippen molar-refractivity contribution in [1.82, 2.24) is 4.90 Å². The lowest BCUT2D eigenvalue weighted by Crippen LogP contribution is -2.28. The van der Waals surface area contributed by atoms with Gasteiger partial charge in [-0.1, -0.05) is 6.07 Å². The highest BCUT2D eigenvalue weighted by Gasteiger charge is 2.34. The molecule has 0 saturated carbocycles. The summed E-state index contributed by atoms with van der Waals surface area (Å²) in [5.74, 6) is 0.733. The maximum Gasteiger partial charge on any atom is 0.231 e. The zero-order valence-corrected chi connectivity index (χ0v) is 14.5. The van der Waals surface area contributed by atoms with Crippen LogP contribution in [0.5, 0.6) is 11.5 Å². The Labute approximate surface area is 156 Å². The maximum absolute atomic E-state index is 12.5. The first kappa shape index (κ1) is 16.9. The van der Waals surface area contributed by atoms with E-state index in [1.54, 1.807) is 29.2 Å². The standard InChI is InChI=1S/C20H17N3O4/c21-9-13-1-4-16(5-2-13)22-20(25)15-8-19(24)23(11-15)10-14-3-6-17-18(7-14)27-12-26-17/h1-7,15H,8,10-12H2,(H,22,25). The van der Waals surface area contributed by atoms with Crippen LogP contribution in [0.15, 0.2) is 42.5 Å². The largest absolute Gasteiger partial charge is 0.454 e. The lowest BCUT2D eigenvalue weighted by Gasteiger charge is -2.17. The molecule has 2 aromatic rings. The molecule has 136 valence electrons. The van der Waals surface area contributed by atoms with E-state index in [4.69, 9.17) is 14.7 Å². The third kappa shape index (κ3) is 3.55. The Morgan fingerprint density at radius 1 is 1.19 bits per heavy atom. The Kier molecular flexibility index (Phi) is 4.38. The average molecular weight is 363 g/mol. The number of hydrogen-bond acceptors (Lipinski definition) is 5. The van der Waals surface area contributed by atoms with Crippen LogP contribution in [-0.4, -0.2) is 30.1 Å². The predicted octanol–water partition coefficient (Wildman–Crippen LogP) is 2.27. The number of carbonyl (C=O) groups is 2. The Bertz CT molecular complexity index is 933. The quantitative estimate of drug-likeness (QED) is 0.900. The van der Waals surface area contributed by atoms with Gasteiger partial charge in [0.05, 0.1) is 17.6 Å². The van der Waals surface area contributed by atoms with Gasteiger partial charge in [-0.25, -0.2) is 0 Å². The van der Waals surface area contributed by atoms with E-state index in [0.717, 1.165) is 5.56 Å². The van der Waals surface area contributed by atoms with E-state index in [1.807, 2.05) is 24.3 Å². The SMILES string of the molecule is N#Cc1ccc(NC(=O)C2CC(=O)N(Cc3ccc4c(c3)OCO4)C2)cc1. The van der Waals surface area contributed by atoms with Gasteiger partial charge in [0.25, 0.3) is 0 Å². The zero-order chi connectivity index (χ0) is 18.8. The topological polar surface area (TPSA) is 91.7 Å². The van der Waals surface area contributed by atoms with Crippen molar-refractivity contribution in [2.75, 3.05) is 18.7 Å². The summed E-state index contributed by atoms with van der Waals surface area (Å²) in [6, 6.07) is 14.3. The molecule has 1 fully saturated rings. The van der Waals surface area contributed by atoms with Gasteiger partial charge in [0.15, 0.2) is 11.5 Å². The molecule has 1 atom stereocenters. The number of hydrogen-bond donors (Lipinski definition) is 1. The molecule has 0 aromatic heterocycles. The van der Waals surface area contributed by atoms with Gasteiger partial charge in [-0.15, -0.1) is 0 Å². The summed E-state index contributed by atoms with van der Waals surface area (Å²) in [6.07, 6.45) is 0.187. The van der Waals surface area contributed by atoms with E-state index >= 15 is 0 Å². The van der Waals surface area contributed by atoms with E-state index in [-0.39, 0.29) is 25.0 Å². The van der Waals surface area contributed by atoms with E-state index in [2.05, 4.69) is 5.32 Å². The molecule has 2 amide bonds. The second-order valence-corrected chi connectivity index (χ2v) is 6.54. The monoisotopic (exact) mass is 363 g/mol. The molecular weight excluding hydrogens is 346 g/mol. The van der Waals surface area contributed by atoms with Gasteiger partial charge < -0.3 is 19.7 Å². The van der Waals surface area contributed by atoms with E-state index in [9.17, 15) is 9.59 Å². The van der Waals surface area contributed by atoms with Crippen LogP contribution >= 0.6 is 0 Å². The second kappa shape index (κ2) is 7.00. The summed E-state index contributed by atoms with van der Waals surface area (Å²) in [5, 5.41) is 11.6. The number of fused-ring (bicyclic) bond motifs is 1. The third-order valence-corrected chi connectivity index (χ3v) is 4.68. The molecule has 0 spiro atoms. The molecule has 4 rings (SSSR count). The molecular formula is C20H17N3O4. The highest BCUT2D eigenvalue weighted by molar-refractivity contribution is 5.97. The van der Waals surface area contributed by atoms with Crippen molar-refractivity contribution in [1.29, 1.82) is 5.26 Å². The molecule has 1 saturated heterocycles. The van der Waals surface area contributed by atoms with Gasteiger partial charge in [0.2, 0.25) is 18.6 Å². The number of anilines is 1.